The summed E-state index contributed by atoms with van der Waals surface area (Å²) in [6.45, 7) is 5.09. The topological polar surface area (TPSA) is 61.5 Å². The number of hydrogen-bond acceptors (Lipinski definition) is 4. The minimum Gasteiger partial charge on any atom is -0.379 e. The van der Waals surface area contributed by atoms with Crippen LogP contribution in [0.4, 0.5) is 0 Å². The molecule has 2 N–H and O–H groups in total. The van der Waals surface area contributed by atoms with Crippen molar-refractivity contribution in [2.24, 2.45) is 5.73 Å². The Morgan fingerprint density at radius 3 is 2.12 bits per heavy atom. The normalized spacial score (nSPS) is 10.6. The Bertz CT molecular complexity index is 162. The fourth-order valence-electron chi connectivity index (χ4n) is 1.26. The molecule has 16 heavy (non-hydrogen) atoms. The second-order valence-corrected chi connectivity index (χ2v) is 3.88. The van der Waals surface area contributed by atoms with Crippen molar-refractivity contribution in [3.05, 3.63) is 0 Å². The summed E-state index contributed by atoms with van der Waals surface area (Å²) in [4.78, 5) is 10.6. The predicted octanol–water partition coefficient (Wildman–Crippen LogP) is 1.52. The lowest BCUT2D eigenvalue weighted by Crippen LogP contribution is -2.09. The van der Waals surface area contributed by atoms with Gasteiger partial charge in [0.05, 0.1) is 13.2 Å². The number of carbonyl (C=O) groups is 1. The summed E-state index contributed by atoms with van der Waals surface area (Å²) in [5, 5.41) is 0. The Morgan fingerprint density at radius 2 is 1.56 bits per heavy atom. The molecule has 0 aliphatic heterocycles. The lowest BCUT2D eigenvalue weighted by molar-refractivity contribution is -0.117. The Labute approximate surface area is 98.5 Å². The van der Waals surface area contributed by atoms with E-state index in [0.717, 1.165) is 38.9 Å². The van der Waals surface area contributed by atoms with E-state index in [1.54, 1.807) is 6.92 Å². The minimum atomic E-state index is 0.272. The average Bonchev–Trinajstić information content (AvgIpc) is 2.25. The third-order valence-electron chi connectivity index (χ3n) is 2.18. The van der Waals surface area contributed by atoms with Gasteiger partial charge in [-0.05, 0) is 32.7 Å². The van der Waals surface area contributed by atoms with Crippen LogP contribution in [-0.4, -0.2) is 38.8 Å². The quantitative estimate of drug-likeness (QED) is 0.517. The number of rotatable bonds is 12. The Kier molecular flexibility index (Phi) is 12.3. The molecule has 96 valence electrons. The number of carbonyl (C=O) groups excluding carboxylic acids is 1. The van der Waals surface area contributed by atoms with Crippen molar-refractivity contribution in [2.45, 2.75) is 39.0 Å². The van der Waals surface area contributed by atoms with Gasteiger partial charge in [0, 0.05) is 19.6 Å². The molecule has 0 spiro atoms. The van der Waals surface area contributed by atoms with Gasteiger partial charge in [-0.15, -0.1) is 0 Å². The zero-order valence-electron chi connectivity index (χ0n) is 10.4. The van der Waals surface area contributed by atoms with E-state index < -0.39 is 0 Å². The highest BCUT2D eigenvalue weighted by molar-refractivity contribution is 5.75. The lowest BCUT2D eigenvalue weighted by atomic mass is 10.1. The molecule has 0 heterocycles. The van der Waals surface area contributed by atoms with E-state index in [2.05, 4.69) is 0 Å². The summed E-state index contributed by atoms with van der Waals surface area (Å²) in [7, 11) is 0. The third kappa shape index (κ3) is 13.5. The Hall–Kier alpha value is -0.450. The van der Waals surface area contributed by atoms with Crippen LogP contribution in [0.1, 0.15) is 39.0 Å². The first-order valence-corrected chi connectivity index (χ1v) is 6.12. The molecule has 0 saturated heterocycles. The monoisotopic (exact) mass is 231 g/mol. The second-order valence-electron chi connectivity index (χ2n) is 3.88. The van der Waals surface area contributed by atoms with E-state index in [4.69, 9.17) is 15.2 Å². The van der Waals surface area contributed by atoms with E-state index >= 15 is 0 Å². The Balaban J connectivity index is 2.90. The van der Waals surface area contributed by atoms with Crippen molar-refractivity contribution in [1.29, 1.82) is 0 Å². The maximum atomic E-state index is 10.6. The van der Waals surface area contributed by atoms with E-state index in [1.807, 2.05) is 0 Å². The lowest BCUT2D eigenvalue weighted by Gasteiger charge is -2.05. The molecular formula is C12H25NO3. The zero-order valence-corrected chi connectivity index (χ0v) is 10.4. The van der Waals surface area contributed by atoms with Gasteiger partial charge in [-0.2, -0.15) is 0 Å². The van der Waals surface area contributed by atoms with Crippen LogP contribution >= 0.6 is 0 Å². The third-order valence-corrected chi connectivity index (χ3v) is 2.18. The van der Waals surface area contributed by atoms with Crippen LogP contribution in [0.25, 0.3) is 0 Å². The van der Waals surface area contributed by atoms with Crippen molar-refractivity contribution in [3.8, 4) is 0 Å². The molecule has 0 aliphatic carbocycles. The van der Waals surface area contributed by atoms with Crippen LogP contribution in [0.3, 0.4) is 0 Å². The second kappa shape index (κ2) is 12.6. The van der Waals surface area contributed by atoms with Gasteiger partial charge in [-0.25, -0.2) is 0 Å². The van der Waals surface area contributed by atoms with Gasteiger partial charge >= 0.3 is 0 Å². The fourth-order valence-corrected chi connectivity index (χ4v) is 1.26. The summed E-state index contributed by atoms with van der Waals surface area (Å²) < 4.78 is 10.7. The van der Waals surface area contributed by atoms with Gasteiger partial charge in [-0.3, -0.25) is 0 Å². The first kappa shape index (κ1) is 15.6. The van der Waals surface area contributed by atoms with Crippen LogP contribution in [0.5, 0.6) is 0 Å². The molecule has 0 atom stereocenters. The molecule has 0 saturated carbocycles. The average molecular weight is 231 g/mol. The predicted molar refractivity (Wildman–Crippen MR) is 64.5 cm³/mol. The van der Waals surface area contributed by atoms with Crippen LogP contribution < -0.4 is 5.73 Å². The van der Waals surface area contributed by atoms with E-state index in [0.29, 0.717) is 26.2 Å². The number of hydrogen-bond donors (Lipinski definition) is 1. The van der Waals surface area contributed by atoms with E-state index in [-0.39, 0.29) is 5.78 Å². The van der Waals surface area contributed by atoms with Gasteiger partial charge in [-0.1, -0.05) is 6.42 Å². The van der Waals surface area contributed by atoms with Gasteiger partial charge in [0.15, 0.2) is 0 Å². The minimum absolute atomic E-state index is 0.272. The molecule has 4 nitrogen and oxygen atoms in total. The molecule has 0 aromatic rings. The standard InChI is InChI=1S/C12H25NO3/c1-12(14)6-3-2-4-8-15-10-11-16-9-5-7-13/h2-11,13H2,1H3. The van der Waals surface area contributed by atoms with Gasteiger partial charge in [0.25, 0.3) is 0 Å². The summed E-state index contributed by atoms with van der Waals surface area (Å²) in [5.41, 5.74) is 5.32. The highest BCUT2D eigenvalue weighted by atomic mass is 16.5. The summed E-state index contributed by atoms with van der Waals surface area (Å²) in [6, 6.07) is 0. The van der Waals surface area contributed by atoms with Crippen molar-refractivity contribution in [3.63, 3.8) is 0 Å². The molecule has 0 bridgehead atoms. The molecule has 0 aliphatic rings. The number of unbranched alkanes of at least 4 members (excludes halogenated alkanes) is 2. The van der Waals surface area contributed by atoms with Crippen molar-refractivity contribution in [1.82, 2.24) is 0 Å². The number of ketones is 1. The molecule has 0 unspecified atom stereocenters. The maximum Gasteiger partial charge on any atom is 0.129 e. The van der Waals surface area contributed by atoms with Crippen LogP contribution in [0.2, 0.25) is 0 Å². The smallest absolute Gasteiger partial charge is 0.129 e. The highest BCUT2D eigenvalue weighted by Crippen LogP contribution is 2.00. The summed E-state index contributed by atoms with van der Waals surface area (Å²) in [5.74, 6) is 0.272. The van der Waals surface area contributed by atoms with Crippen LogP contribution in [0.15, 0.2) is 0 Å². The fraction of sp³-hybridized carbons (Fsp3) is 0.917. The van der Waals surface area contributed by atoms with Crippen molar-refractivity contribution < 1.29 is 14.3 Å². The Morgan fingerprint density at radius 1 is 0.938 bits per heavy atom. The maximum absolute atomic E-state index is 10.6. The largest absolute Gasteiger partial charge is 0.379 e. The first-order chi connectivity index (χ1) is 7.77. The van der Waals surface area contributed by atoms with Gasteiger partial charge < -0.3 is 20.0 Å². The highest BCUT2D eigenvalue weighted by Gasteiger charge is 1.94. The summed E-state index contributed by atoms with van der Waals surface area (Å²) >= 11 is 0. The van der Waals surface area contributed by atoms with E-state index in [9.17, 15) is 4.79 Å². The molecule has 0 rings (SSSR count). The molecular weight excluding hydrogens is 206 g/mol. The van der Waals surface area contributed by atoms with E-state index in [1.165, 1.54) is 0 Å². The molecule has 0 amide bonds. The summed E-state index contributed by atoms with van der Waals surface area (Å²) in [6.07, 6.45) is 4.67. The molecule has 0 aromatic heterocycles. The first-order valence-electron chi connectivity index (χ1n) is 6.12. The van der Waals surface area contributed by atoms with Crippen molar-refractivity contribution in [2.75, 3.05) is 33.0 Å². The molecule has 4 heteroatoms. The SMILES string of the molecule is CC(=O)CCCCCOCCOCCCN. The molecule has 0 fully saturated rings. The number of Topliss-reactive ketones (excluding diaryl/α,β-unsaturated/α-hetero) is 1. The van der Waals surface area contributed by atoms with Crippen LogP contribution in [-0.2, 0) is 14.3 Å². The van der Waals surface area contributed by atoms with Crippen molar-refractivity contribution >= 4 is 5.78 Å². The molecule has 0 radical (unpaired) electrons. The van der Waals surface area contributed by atoms with Gasteiger partial charge in [0.1, 0.15) is 5.78 Å². The number of ether oxygens (including phenoxy) is 2. The van der Waals surface area contributed by atoms with Crippen LogP contribution in [0, 0.1) is 0 Å². The number of nitrogens with two attached hydrogens (primary N) is 1. The molecule has 0 aromatic carbocycles. The van der Waals surface area contributed by atoms with Gasteiger partial charge in [0.2, 0.25) is 0 Å². The zero-order chi connectivity index (χ0) is 12.1.